The third kappa shape index (κ3) is 8.23. The van der Waals surface area contributed by atoms with Crippen LogP contribution in [0.2, 0.25) is 0 Å². The Morgan fingerprint density at radius 2 is 1.78 bits per heavy atom. The van der Waals surface area contributed by atoms with E-state index in [4.69, 9.17) is 9.47 Å². The molecule has 0 fully saturated rings. The molecule has 1 aromatic rings. The summed E-state index contributed by atoms with van der Waals surface area (Å²) in [6.45, 7) is 4.35. The van der Waals surface area contributed by atoms with E-state index in [9.17, 15) is 0 Å². The molecule has 3 nitrogen and oxygen atoms in total. The van der Waals surface area contributed by atoms with E-state index in [1.54, 1.807) is 7.11 Å². The van der Waals surface area contributed by atoms with Crippen LogP contribution in [-0.2, 0) is 15.9 Å². The molecule has 0 saturated heterocycles. The fourth-order valence-electron chi connectivity index (χ4n) is 1.70. The van der Waals surface area contributed by atoms with E-state index >= 15 is 0 Å². The van der Waals surface area contributed by atoms with Gasteiger partial charge < -0.3 is 14.8 Å². The number of rotatable bonds is 11. The Bertz CT molecular complexity index is 277. The first-order valence-electron chi connectivity index (χ1n) is 6.75. The largest absolute Gasteiger partial charge is 0.382 e. The molecule has 0 heterocycles. The van der Waals surface area contributed by atoms with Gasteiger partial charge in [-0.1, -0.05) is 30.3 Å². The Hall–Kier alpha value is -0.900. The van der Waals surface area contributed by atoms with Gasteiger partial charge in [0.15, 0.2) is 0 Å². The van der Waals surface area contributed by atoms with Crippen LogP contribution in [0.3, 0.4) is 0 Å². The van der Waals surface area contributed by atoms with Gasteiger partial charge in [0.1, 0.15) is 0 Å². The van der Waals surface area contributed by atoms with Crippen molar-refractivity contribution in [2.45, 2.75) is 19.3 Å². The van der Waals surface area contributed by atoms with E-state index in [1.165, 1.54) is 12.0 Å². The van der Waals surface area contributed by atoms with Crippen LogP contribution in [0.25, 0.3) is 0 Å². The van der Waals surface area contributed by atoms with Crippen LogP contribution < -0.4 is 5.32 Å². The molecular weight excluding hydrogens is 226 g/mol. The summed E-state index contributed by atoms with van der Waals surface area (Å²) in [5.41, 5.74) is 1.40. The summed E-state index contributed by atoms with van der Waals surface area (Å²) < 4.78 is 10.3. The van der Waals surface area contributed by atoms with Crippen molar-refractivity contribution in [2.24, 2.45) is 0 Å². The summed E-state index contributed by atoms with van der Waals surface area (Å²) in [5.74, 6) is 0. The van der Waals surface area contributed by atoms with Crippen LogP contribution in [0.15, 0.2) is 30.3 Å². The van der Waals surface area contributed by atoms with Crippen molar-refractivity contribution in [1.82, 2.24) is 5.32 Å². The minimum absolute atomic E-state index is 0.690. The lowest BCUT2D eigenvalue weighted by Crippen LogP contribution is -2.19. The van der Waals surface area contributed by atoms with Crippen LogP contribution in [0.4, 0.5) is 0 Å². The normalized spacial score (nSPS) is 10.7. The smallest absolute Gasteiger partial charge is 0.0700 e. The Kier molecular flexibility index (Phi) is 9.44. The molecule has 0 saturated carbocycles. The van der Waals surface area contributed by atoms with Gasteiger partial charge in [0.2, 0.25) is 0 Å². The zero-order chi connectivity index (χ0) is 12.9. The van der Waals surface area contributed by atoms with Gasteiger partial charge in [-0.2, -0.15) is 0 Å². The Morgan fingerprint density at radius 1 is 0.944 bits per heavy atom. The lowest BCUT2D eigenvalue weighted by atomic mass is 10.1. The minimum Gasteiger partial charge on any atom is -0.382 e. The molecule has 0 amide bonds. The number of hydrogen-bond acceptors (Lipinski definition) is 3. The third-order valence-electron chi connectivity index (χ3n) is 2.76. The van der Waals surface area contributed by atoms with Gasteiger partial charge in [-0.25, -0.2) is 0 Å². The number of benzene rings is 1. The van der Waals surface area contributed by atoms with Crippen molar-refractivity contribution in [1.29, 1.82) is 0 Å². The van der Waals surface area contributed by atoms with Crippen molar-refractivity contribution in [3.05, 3.63) is 35.9 Å². The van der Waals surface area contributed by atoms with Gasteiger partial charge in [0, 0.05) is 13.7 Å². The number of ether oxygens (including phenoxy) is 2. The summed E-state index contributed by atoms with van der Waals surface area (Å²) in [6, 6.07) is 10.6. The van der Waals surface area contributed by atoms with Gasteiger partial charge in [0.05, 0.1) is 13.2 Å². The summed E-state index contributed by atoms with van der Waals surface area (Å²) in [7, 11) is 1.69. The molecule has 0 spiro atoms. The van der Waals surface area contributed by atoms with Crippen LogP contribution in [0, 0.1) is 0 Å². The maximum absolute atomic E-state index is 5.40. The first-order chi connectivity index (χ1) is 8.93. The zero-order valence-corrected chi connectivity index (χ0v) is 11.4. The number of methoxy groups -OCH3 is 1. The predicted octanol–water partition coefficient (Wildman–Crippen LogP) is 2.26. The molecule has 0 aromatic heterocycles. The lowest BCUT2D eigenvalue weighted by Gasteiger charge is -2.05. The molecule has 0 bridgehead atoms. The number of nitrogens with one attached hydrogen (secondary N) is 1. The predicted molar refractivity (Wildman–Crippen MR) is 74.9 cm³/mol. The van der Waals surface area contributed by atoms with Crippen molar-refractivity contribution < 1.29 is 9.47 Å². The standard InChI is InChI=1S/C15H25NO2/c1-17-13-14-18-12-6-5-10-16-11-9-15-7-3-2-4-8-15/h2-4,7-8,16H,5-6,9-14H2,1H3. The molecule has 1 rings (SSSR count). The molecule has 1 aromatic carbocycles. The quantitative estimate of drug-likeness (QED) is 0.612. The first kappa shape index (κ1) is 15.2. The molecule has 0 atom stereocenters. The van der Waals surface area contributed by atoms with E-state index < -0.39 is 0 Å². The van der Waals surface area contributed by atoms with E-state index in [0.29, 0.717) is 13.2 Å². The van der Waals surface area contributed by atoms with Crippen molar-refractivity contribution >= 4 is 0 Å². The third-order valence-corrected chi connectivity index (χ3v) is 2.76. The Labute approximate surface area is 110 Å². The van der Waals surface area contributed by atoms with Gasteiger partial charge >= 0.3 is 0 Å². The van der Waals surface area contributed by atoms with E-state index in [-0.39, 0.29) is 0 Å². The SMILES string of the molecule is COCCOCCCCNCCc1ccccc1. The van der Waals surface area contributed by atoms with Gasteiger partial charge in [-0.3, -0.25) is 0 Å². The van der Waals surface area contributed by atoms with Crippen molar-refractivity contribution in [3.8, 4) is 0 Å². The summed E-state index contributed by atoms with van der Waals surface area (Å²) >= 11 is 0. The molecular formula is C15H25NO2. The molecule has 102 valence electrons. The second-order valence-corrected chi connectivity index (χ2v) is 4.30. The van der Waals surface area contributed by atoms with Crippen LogP contribution in [0.1, 0.15) is 18.4 Å². The molecule has 1 N–H and O–H groups in total. The fraction of sp³-hybridized carbons (Fsp3) is 0.600. The Balaban J connectivity index is 1.82. The van der Waals surface area contributed by atoms with Crippen LogP contribution in [-0.4, -0.2) is 40.0 Å². The second-order valence-electron chi connectivity index (χ2n) is 4.30. The average molecular weight is 251 g/mol. The highest BCUT2D eigenvalue weighted by molar-refractivity contribution is 5.14. The highest BCUT2D eigenvalue weighted by Gasteiger charge is 1.92. The molecule has 0 aliphatic heterocycles. The summed E-state index contributed by atoms with van der Waals surface area (Å²) in [4.78, 5) is 0. The summed E-state index contributed by atoms with van der Waals surface area (Å²) in [5, 5.41) is 3.46. The molecule has 3 heteroatoms. The maximum atomic E-state index is 5.40. The molecule has 0 aliphatic carbocycles. The fourth-order valence-corrected chi connectivity index (χ4v) is 1.70. The first-order valence-corrected chi connectivity index (χ1v) is 6.75. The van der Waals surface area contributed by atoms with E-state index in [1.807, 2.05) is 0 Å². The Morgan fingerprint density at radius 3 is 2.56 bits per heavy atom. The number of hydrogen-bond donors (Lipinski definition) is 1. The molecule has 18 heavy (non-hydrogen) atoms. The number of unbranched alkanes of at least 4 members (excludes halogenated alkanes) is 1. The van der Waals surface area contributed by atoms with Gasteiger partial charge in [-0.15, -0.1) is 0 Å². The van der Waals surface area contributed by atoms with E-state index in [2.05, 4.69) is 35.6 Å². The maximum Gasteiger partial charge on any atom is 0.0700 e. The molecule has 0 unspecified atom stereocenters. The topological polar surface area (TPSA) is 30.5 Å². The van der Waals surface area contributed by atoms with Crippen molar-refractivity contribution in [2.75, 3.05) is 40.0 Å². The minimum atomic E-state index is 0.690. The second kappa shape index (κ2) is 11.2. The molecule has 0 radical (unpaired) electrons. The highest BCUT2D eigenvalue weighted by atomic mass is 16.5. The van der Waals surface area contributed by atoms with Crippen LogP contribution >= 0.6 is 0 Å². The van der Waals surface area contributed by atoms with Crippen molar-refractivity contribution in [3.63, 3.8) is 0 Å². The highest BCUT2D eigenvalue weighted by Crippen LogP contribution is 1.98. The summed E-state index contributed by atoms with van der Waals surface area (Å²) in [6.07, 6.45) is 3.38. The van der Waals surface area contributed by atoms with Gasteiger partial charge in [-0.05, 0) is 37.9 Å². The van der Waals surface area contributed by atoms with Crippen LogP contribution in [0.5, 0.6) is 0 Å². The van der Waals surface area contributed by atoms with E-state index in [0.717, 1.165) is 32.5 Å². The monoisotopic (exact) mass is 251 g/mol. The van der Waals surface area contributed by atoms with Gasteiger partial charge in [0.25, 0.3) is 0 Å². The average Bonchev–Trinajstić information content (AvgIpc) is 2.42. The molecule has 0 aliphatic rings. The lowest BCUT2D eigenvalue weighted by molar-refractivity contribution is 0.0688. The zero-order valence-electron chi connectivity index (χ0n) is 11.4.